The number of aromatic amines is 1. The zero-order valence-electron chi connectivity index (χ0n) is 8.95. The average Bonchev–Trinajstić information content (AvgIpc) is 2.99. The number of H-pyrrole nitrogens is 1. The van der Waals surface area contributed by atoms with Gasteiger partial charge in [-0.25, -0.2) is 4.98 Å². The fraction of sp³-hybridized carbons (Fsp3) is 0. The van der Waals surface area contributed by atoms with E-state index in [1.54, 1.807) is 12.3 Å². The van der Waals surface area contributed by atoms with Crippen molar-refractivity contribution in [2.45, 2.75) is 0 Å². The third-order valence-corrected chi connectivity index (χ3v) is 3.10. The van der Waals surface area contributed by atoms with Crippen LogP contribution < -0.4 is 5.32 Å². The SMILES string of the molecule is O=[N+]([O-])c1ccc2[nH]nc(Nc3nccs3)c2c1. The predicted molar refractivity (Wildman–Crippen MR) is 68.1 cm³/mol. The van der Waals surface area contributed by atoms with Crippen LogP contribution in [-0.4, -0.2) is 20.1 Å². The number of rotatable bonds is 3. The number of anilines is 2. The van der Waals surface area contributed by atoms with Gasteiger partial charge in [0.25, 0.3) is 5.69 Å². The molecule has 2 aromatic heterocycles. The fourth-order valence-corrected chi connectivity index (χ4v) is 2.13. The van der Waals surface area contributed by atoms with Crippen molar-refractivity contribution in [1.82, 2.24) is 15.2 Å². The van der Waals surface area contributed by atoms with Gasteiger partial charge in [-0.15, -0.1) is 11.3 Å². The van der Waals surface area contributed by atoms with Gasteiger partial charge < -0.3 is 5.32 Å². The first kappa shape index (κ1) is 10.7. The Labute approximate surface area is 105 Å². The number of nitro groups is 1. The molecule has 7 nitrogen and oxygen atoms in total. The largest absolute Gasteiger partial charge is 0.314 e. The van der Waals surface area contributed by atoms with Crippen molar-refractivity contribution in [2.24, 2.45) is 0 Å². The summed E-state index contributed by atoms with van der Waals surface area (Å²) in [5, 5.41) is 23.8. The van der Waals surface area contributed by atoms with E-state index in [-0.39, 0.29) is 5.69 Å². The third-order valence-electron chi connectivity index (χ3n) is 2.41. The summed E-state index contributed by atoms with van der Waals surface area (Å²) in [5.74, 6) is 0.531. The highest BCUT2D eigenvalue weighted by molar-refractivity contribution is 7.13. The molecule has 0 saturated carbocycles. The van der Waals surface area contributed by atoms with Gasteiger partial charge in [-0.05, 0) is 6.07 Å². The number of hydrogen-bond donors (Lipinski definition) is 2. The normalized spacial score (nSPS) is 10.7. The lowest BCUT2D eigenvalue weighted by Gasteiger charge is -1.97. The molecule has 0 radical (unpaired) electrons. The van der Waals surface area contributed by atoms with Gasteiger partial charge in [0.05, 0.1) is 15.8 Å². The zero-order chi connectivity index (χ0) is 12.5. The molecule has 0 aliphatic heterocycles. The molecule has 0 fully saturated rings. The maximum Gasteiger partial charge on any atom is 0.270 e. The van der Waals surface area contributed by atoms with Gasteiger partial charge in [0.2, 0.25) is 0 Å². The zero-order valence-corrected chi connectivity index (χ0v) is 9.77. The van der Waals surface area contributed by atoms with Crippen LogP contribution in [-0.2, 0) is 0 Å². The molecule has 0 amide bonds. The molecule has 8 heteroatoms. The van der Waals surface area contributed by atoms with Crippen molar-refractivity contribution in [2.75, 3.05) is 5.32 Å². The van der Waals surface area contributed by atoms with Crippen LogP contribution in [0, 0.1) is 10.1 Å². The molecule has 0 atom stereocenters. The Morgan fingerprint density at radius 2 is 2.33 bits per heavy atom. The Kier molecular flexibility index (Phi) is 2.41. The summed E-state index contributed by atoms with van der Waals surface area (Å²) in [6, 6.07) is 4.55. The number of thiazole rings is 1. The molecule has 0 saturated heterocycles. The number of benzene rings is 1. The molecule has 1 aromatic carbocycles. The smallest absolute Gasteiger partial charge is 0.270 e. The first-order valence-electron chi connectivity index (χ1n) is 5.03. The number of non-ortho nitro benzene ring substituents is 1. The van der Waals surface area contributed by atoms with Crippen LogP contribution >= 0.6 is 11.3 Å². The van der Waals surface area contributed by atoms with Crippen LogP contribution in [0.25, 0.3) is 10.9 Å². The van der Waals surface area contributed by atoms with Crippen molar-refractivity contribution >= 4 is 38.9 Å². The lowest BCUT2D eigenvalue weighted by Crippen LogP contribution is -1.90. The molecular weight excluding hydrogens is 254 g/mol. The Morgan fingerprint density at radius 3 is 3.06 bits per heavy atom. The number of fused-ring (bicyclic) bond motifs is 1. The van der Waals surface area contributed by atoms with Crippen LogP contribution in [0.4, 0.5) is 16.6 Å². The lowest BCUT2D eigenvalue weighted by molar-refractivity contribution is -0.384. The van der Waals surface area contributed by atoms with Gasteiger partial charge in [0, 0.05) is 23.7 Å². The number of nitrogens with one attached hydrogen (secondary N) is 2. The Hall–Kier alpha value is -2.48. The highest BCUT2D eigenvalue weighted by atomic mass is 32.1. The summed E-state index contributed by atoms with van der Waals surface area (Å²) in [4.78, 5) is 14.4. The average molecular weight is 261 g/mol. The van der Waals surface area contributed by atoms with Crippen molar-refractivity contribution in [3.8, 4) is 0 Å². The van der Waals surface area contributed by atoms with Gasteiger partial charge in [-0.2, -0.15) is 5.10 Å². The number of nitro benzene ring substituents is 1. The molecule has 2 heterocycles. The van der Waals surface area contributed by atoms with E-state index in [1.807, 2.05) is 5.38 Å². The van der Waals surface area contributed by atoms with E-state index in [2.05, 4.69) is 20.5 Å². The maximum absolute atomic E-state index is 10.7. The van der Waals surface area contributed by atoms with Gasteiger partial charge in [0.1, 0.15) is 0 Å². The minimum atomic E-state index is -0.431. The Morgan fingerprint density at radius 1 is 1.44 bits per heavy atom. The molecule has 3 rings (SSSR count). The molecule has 0 spiro atoms. The van der Waals surface area contributed by atoms with Crippen LogP contribution in [0.3, 0.4) is 0 Å². The van der Waals surface area contributed by atoms with Crippen molar-refractivity contribution < 1.29 is 4.92 Å². The topological polar surface area (TPSA) is 96.7 Å². The van der Waals surface area contributed by atoms with Gasteiger partial charge in [-0.1, -0.05) is 0 Å². The molecule has 0 aliphatic carbocycles. The lowest BCUT2D eigenvalue weighted by atomic mass is 10.2. The van der Waals surface area contributed by atoms with E-state index in [9.17, 15) is 10.1 Å². The third kappa shape index (κ3) is 1.78. The van der Waals surface area contributed by atoms with Crippen LogP contribution in [0.1, 0.15) is 0 Å². The van der Waals surface area contributed by atoms with E-state index >= 15 is 0 Å². The summed E-state index contributed by atoms with van der Waals surface area (Å²) in [5.41, 5.74) is 0.769. The first-order valence-corrected chi connectivity index (χ1v) is 5.91. The minimum absolute atomic E-state index is 0.0334. The van der Waals surface area contributed by atoms with E-state index in [0.29, 0.717) is 16.3 Å². The van der Waals surface area contributed by atoms with Crippen LogP contribution in [0.5, 0.6) is 0 Å². The van der Waals surface area contributed by atoms with Crippen LogP contribution in [0.2, 0.25) is 0 Å². The summed E-state index contributed by atoms with van der Waals surface area (Å²) < 4.78 is 0. The van der Waals surface area contributed by atoms with Crippen LogP contribution in [0.15, 0.2) is 29.8 Å². The van der Waals surface area contributed by atoms with Gasteiger partial charge >= 0.3 is 0 Å². The summed E-state index contributed by atoms with van der Waals surface area (Å²) in [6.45, 7) is 0. The summed E-state index contributed by atoms with van der Waals surface area (Å²) in [7, 11) is 0. The predicted octanol–water partition coefficient (Wildman–Crippen LogP) is 2.67. The standard InChI is InChI=1S/C10H7N5O2S/c16-15(17)6-1-2-8-7(5-6)9(14-13-8)12-10-11-3-4-18-10/h1-5H,(H2,11,12,13,14). The van der Waals surface area contributed by atoms with Gasteiger partial charge in [-0.3, -0.25) is 15.2 Å². The molecule has 0 aliphatic rings. The Balaban J connectivity index is 2.06. The van der Waals surface area contributed by atoms with E-state index in [4.69, 9.17) is 0 Å². The number of nitrogens with zero attached hydrogens (tertiary/aromatic N) is 3. The van der Waals surface area contributed by atoms with Crippen molar-refractivity contribution in [3.63, 3.8) is 0 Å². The molecule has 3 aromatic rings. The van der Waals surface area contributed by atoms with Crippen molar-refractivity contribution in [3.05, 3.63) is 39.9 Å². The fourth-order valence-electron chi connectivity index (χ4n) is 1.60. The molecular formula is C10H7N5O2S. The summed E-state index contributed by atoms with van der Waals surface area (Å²) in [6.07, 6.45) is 1.67. The summed E-state index contributed by atoms with van der Waals surface area (Å²) >= 11 is 1.43. The van der Waals surface area contributed by atoms with E-state index in [1.165, 1.54) is 23.5 Å². The highest BCUT2D eigenvalue weighted by Crippen LogP contribution is 2.27. The molecule has 18 heavy (non-hydrogen) atoms. The molecule has 0 bridgehead atoms. The Bertz CT molecular complexity index is 706. The second-order valence-corrected chi connectivity index (χ2v) is 4.42. The molecule has 90 valence electrons. The highest BCUT2D eigenvalue weighted by Gasteiger charge is 2.12. The monoisotopic (exact) mass is 261 g/mol. The van der Waals surface area contributed by atoms with Crippen molar-refractivity contribution in [1.29, 1.82) is 0 Å². The molecule has 0 unspecified atom stereocenters. The number of aromatic nitrogens is 3. The minimum Gasteiger partial charge on any atom is -0.314 e. The van der Waals surface area contributed by atoms with Gasteiger partial charge in [0.15, 0.2) is 10.9 Å². The number of hydrogen-bond acceptors (Lipinski definition) is 6. The van der Waals surface area contributed by atoms with E-state index in [0.717, 1.165) is 5.52 Å². The second-order valence-electron chi connectivity index (χ2n) is 3.52. The molecule has 2 N–H and O–H groups in total. The maximum atomic E-state index is 10.7. The van der Waals surface area contributed by atoms with E-state index < -0.39 is 4.92 Å². The quantitative estimate of drug-likeness (QED) is 0.558. The second kappa shape index (κ2) is 4.08. The first-order chi connectivity index (χ1) is 8.74.